The second kappa shape index (κ2) is 36.3. The lowest BCUT2D eigenvalue weighted by Gasteiger charge is -2.19. The van der Waals surface area contributed by atoms with Crippen molar-refractivity contribution in [3.63, 3.8) is 0 Å². The van der Waals surface area contributed by atoms with E-state index in [0.29, 0.717) is 6.42 Å². The lowest BCUT2D eigenvalue weighted by Crippen LogP contribution is -2.45. The van der Waals surface area contributed by atoms with E-state index in [0.717, 1.165) is 57.8 Å². The average molecular weight is 626 g/mol. The number of carbonyl (C=O) groups is 1. The van der Waals surface area contributed by atoms with Crippen molar-refractivity contribution in [2.45, 2.75) is 174 Å². The maximum Gasteiger partial charge on any atom is 0.220 e. The summed E-state index contributed by atoms with van der Waals surface area (Å²) in [4.78, 5) is 12.3. The quantitative estimate of drug-likeness (QED) is 0.0514. The fraction of sp³-hybridized carbons (Fsp3) is 0.683. The highest BCUT2D eigenvalue weighted by Crippen LogP contribution is 2.13. The third kappa shape index (κ3) is 33.0. The Hall–Kier alpha value is -2.17. The minimum atomic E-state index is -0.864. The summed E-state index contributed by atoms with van der Waals surface area (Å²) in [6, 6.07) is -0.642. The number of amides is 1. The minimum Gasteiger partial charge on any atom is -0.394 e. The molecule has 0 radical (unpaired) electrons. The molecule has 0 fully saturated rings. The van der Waals surface area contributed by atoms with Crippen molar-refractivity contribution in [2.75, 3.05) is 6.61 Å². The molecule has 0 aromatic carbocycles. The van der Waals surface area contributed by atoms with Crippen LogP contribution in [0.3, 0.4) is 0 Å². The molecule has 0 heterocycles. The molecule has 0 saturated heterocycles. The van der Waals surface area contributed by atoms with Gasteiger partial charge in [-0.1, -0.05) is 157 Å². The predicted octanol–water partition coefficient (Wildman–Crippen LogP) is 11.2. The van der Waals surface area contributed by atoms with Crippen LogP contribution in [0.15, 0.2) is 72.9 Å². The van der Waals surface area contributed by atoms with Crippen molar-refractivity contribution in [1.29, 1.82) is 0 Å². The van der Waals surface area contributed by atoms with Gasteiger partial charge in [-0.25, -0.2) is 0 Å². The Morgan fingerprint density at radius 2 is 1.00 bits per heavy atom. The number of hydrogen-bond acceptors (Lipinski definition) is 3. The smallest absolute Gasteiger partial charge is 0.220 e. The highest BCUT2D eigenvalue weighted by Gasteiger charge is 2.17. The molecule has 4 heteroatoms. The van der Waals surface area contributed by atoms with E-state index in [1.807, 2.05) is 6.08 Å². The topological polar surface area (TPSA) is 69.6 Å². The van der Waals surface area contributed by atoms with Gasteiger partial charge in [0, 0.05) is 6.42 Å². The minimum absolute atomic E-state index is 0.0854. The van der Waals surface area contributed by atoms with E-state index < -0.39 is 12.1 Å². The Bertz CT molecular complexity index is 808. The van der Waals surface area contributed by atoms with Crippen molar-refractivity contribution in [1.82, 2.24) is 5.32 Å². The maximum atomic E-state index is 12.3. The molecule has 1 amide bonds. The van der Waals surface area contributed by atoms with Gasteiger partial charge in [0.1, 0.15) is 0 Å². The Morgan fingerprint density at radius 1 is 0.556 bits per heavy atom. The van der Waals surface area contributed by atoms with E-state index >= 15 is 0 Å². The largest absolute Gasteiger partial charge is 0.394 e. The monoisotopic (exact) mass is 626 g/mol. The van der Waals surface area contributed by atoms with Crippen molar-refractivity contribution >= 4 is 5.91 Å². The van der Waals surface area contributed by atoms with Gasteiger partial charge in [-0.05, 0) is 70.6 Å². The molecule has 0 aliphatic carbocycles. The van der Waals surface area contributed by atoms with Gasteiger partial charge in [0.05, 0.1) is 18.8 Å². The molecular weight excluding hydrogens is 554 g/mol. The van der Waals surface area contributed by atoms with E-state index in [4.69, 9.17) is 0 Å². The first-order chi connectivity index (χ1) is 22.2. The number of unbranched alkanes of at least 4 members (excludes halogenated alkanes) is 15. The number of rotatable bonds is 32. The summed E-state index contributed by atoms with van der Waals surface area (Å²) in [5.74, 6) is -0.0854. The summed E-state index contributed by atoms with van der Waals surface area (Å²) >= 11 is 0. The normalized spacial score (nSPS) is 14.0. The van der Waals surface area contributed by atoms with Crippen molar-refractivity contribution in [3.05, 3.63) is 72.9 Å². The van der Waals surface area contributed by atoms with Gasteiger partial charge in [-0.3, -0.25) is 4.79 Å². The first-order valence-electron chi connectivity index (χ1n) is 18.7. The summed E-state index contributed by atoms with van der Waals surface area (Å²) in [6.45, 7) is 4.13. The summed E-state index contributed by atoms with van der Waals surface area (Å²) < 4.78 is 0. The molecule has 0 aliphatic heterocycles. The molecule has 0 aliphatic rings. The van der Waals surface area contributed by atoms with Crippen LogP contribution in [0, 0.1) is 0 Å². The number of nitrogens with one attached hydrogen (secondary N) is 1. The van der Waals surface area contributed by atoms with E-state index in [1.54, 1.807) is 6.08 Å². The van der Waals surface area contributed by atoms with Crippen LogP contribution in [-0.4, -0.2) is 34.9 Å². The summed E-state index contributed by atoms with van der Waals surface area (Å²) in [7, 11) is 0. The fourth-order valence-corrected chi connectivity index (χ4v) is 5.06. The van der Waals surface area contributed by atoms with E-state index in [9.17, 15) is 15.0 Å². The molecule has 258 valence electrons. The standard InChI is InChI=1S/C41H71NO3/c1-3-5-7-9-11-13-15-16-17-18-19-20-21-22-23-24-25-26-27-29-31-33-35-37-41(45)42-39(38-43)40(44)36-34-32-30-28-14-12-10-8-6-4-2/h5,7,11,13-14,16-17,19-20,28,34,36,39-40,43-44H,3-4,6,8-10,12,15,18,21-27,29-33,35,37-38H2,1-2H3,(H,42,45)/b7-5-,13-11-,17-16-,20-19-,28-14+,36-34+. The van der Waals surface area contributed by atoms with Crippen molar-refractivity contribution in [3.8, 4) is 0 Å². The van der Waals surface area contributed by atoms with Crippen LogP contribution in [0.2, 0.25) is 0 Å². The Kier molecular flexibility index (Phi) is 34.5. The molecule has 45 heavy (non-hydrogen) atoms. The first kappa shape index (κ1) is 42.8. The molecule has 0 aromatic heterocycles. The van der Waals surface area contributed by atoms with Crippen LogP contribution in [0.4, 0.5) is 0 Å². The van der Waals surface area contributed by atoms with Crippen LogP contribution >= 0.6 is 0 Å². The Morgan fingerprint density at radius 3 is 1.56 bits per heavy atom. The molecular formula is C41H71NO3. The van der Waals surface area contributed by atoms with Gasteiger partial charge < -0.3 is 15.5 Å². The van der Waals surface area contributed by atoms with Crippen LogP contribution in [0.25, 0.3) is 0 Å². The van der Waals surface area contributed by atoms with Gasteiger partial charge >= 0.3 is 0 Å². The molecule has 0 aromatic rings. The number of carbonyl (C=O) groups excluding carboxylic acids is 1. The fourth-order valence-electron chi connectivity index (χ4n) is 5.06. The summed E-state index contributed by atoms with van der Waals surface area (Å²) in [6.07, 6.45) is 51.3. The molecule has 0 bridgehead atoms. The predicted molar refractivity (Wildman–Crippen MR) is 197 cm³/mol. The van der Waals surface area contributed by atoms with Crippen LogP contribution < -0.4 is 5.32 Å². The number of hydrogen-bond donors (Lipinski definition) is 3. The number of aliphatic hydroxyl groups is 2. The molecule has 2 unspecified atom stereocenters. The Labute approximate surface area is 278 Å². The van der Waals surface area contributed by atoms with Crippen LogP contribution in [-0.2, 0) is 4.79 Å². The summed E-state index contributed by atoms with van der Waals surface area (Å²) in [5, 5.41) is 22.8. The van der Waals surface area contributed by atoms with Crippen molar-refractivity contribution < 1.29 is 15.0 Å². The lowest BCUT2D eigenvalue weighted by atomic mass is 10.0. The molecule has 0 rings (SSSR count). The third-order valence-corrected chi connectivity index (χ3v) is 7.92. The van der Waals surface area contributed by atoms with Gasteiger partial charge in [-0.15, -0.1) is 0 Å². The maximum absolute atomic E-state index is 12.3. The second-order valence-corrected chi connectivity index (χ2v) is 12.2. The van der Waals surface area contributed by atoms with Crippen molar-refractivity contribution in [2.24, 2.45) is 0 Å². The molecule has 4 nitrogen and oxygen atoms in total. The highest BCUT2D eigenvalue weighted by atomic mass is 16.3. The lowest BCUT2D eigenvalue weighted by molar-refractivity contribution is -0.123. The second-order valence-electron chi connectivity index (χ2n) is 12.2. The average Bonchev–Trinajstić information content (AvgIpc) is 3.04. The van der Waals surface area contributed by atoms with E-state index in [1.165, 1.54) is 83.5 Å². The van der Waals surface area contributed by atoms with Gasteiger partial charge in [0.15, 0.2) is 0 Å². The van der Waals surface area contributed by atoms with E-state index in [-0.39, 0.29) is 12.5 Å². The van der Waals surface area contributed by atoms with Gasteiger partial charge in [-0.2, -0.15) is 0 Å². The Balaban J connectivity index is 3.63. The molecule has 0 saturated carbocycles. The van der Waals surface area contributed by atoms with Crippen LogP contribution in [0.5, 0.6) is 0 Å². The molecule has 3 N–H and O–H groups in total. The number of aliphatic hydroxyl groups excluding tert-OH is 2. The summed E-state index contributed by atoms with van der Waals surface area (Å²) in [5.41, 5.74) is 0. The number of allylic oxidation sites excluding steroid dienone is 11. The zero-order chi connectivity index (χ0) is 32.9. The SMILES string of the molecule is CC/C=C\C/C=C\C/C=C\C/C=C\CCCCCCCCCCCCC(=O)NC(CO)C(O)/C=C/CC/C=C/CCCCCC. The first-order valence-corrected chi connectivity index (χ1v) is 18.7. The zero-order valence-corrected chi connectivity index (χ0v) is 29.4. The van der Waals surface area contributed by atoms with Gasteiger partial charge in [0.2, 0.25) is 5.91 Å². The third-order valence-electron chi connectivity index (χ3n) is 7.92. The highest BCUT2D eigenvalue weighted by molar-refractivity contribution is 5.76. The molecule has 0 spiro atoms. The molecule has 2 atom stereocenters. The van der Waals surface area contributed by atoms with Gasteiger partial charge in [0.25, 0.3) is 0 Å². The van der Waals surface area contributed by atoms with E-state index in [2.05, 4.69) is 79.9 Å². The van der Waals surface area contributed by atoms with Crippen LogP contribution in [0.1, 0.15) is 162 Å². The zero-order valence-electron chi connectivity index (χ0n) is 29.4.